The molecule has 0 radical (unpaired) electrons. The summed E-state index contributed by atoms with van der Waals surface area (Å²) >= 11 is 2.97. The van der Waals surface area contributed by atoms with Crippen molar-refractivity contribution in [2.45, 2.75) is 20.3 Å². The lowest BCUT2D eigenvalue weighted by molar-refractivity contribution is -0.113. The summed E-state index contributed by atoms with van der Waals surface area (Å²) in [7, 11) is 0. The first-order valence-electron chi connectivity index (χ1n) is 8.55. The monoisotopic (exact) mass is 385 g/mol. The quantitative estimate of drug-likeness (QED) is 0.738. The van der Waals surface area contributed by atoms with Crippen LogP contribution < -0.4 is 9.64 Å². The molecule has 0 aliphatic carbocycles. The zero-order valence-corrected chi connectivity index (χ0v) is 16.3. The molecule has 0 spiro atoms. The van der Waals surface area contributed by atoms with Crippen LogP contribution in [0, 0.1) is 5.92 Å². The number of amidine groups is 1. The molecular formula is C19H19N3O2S2. The van der Waals surface area contributed by atoms with Crippen LogP contribution in [-0.4, -0.2) is 29.2 Å². The van der Waals surface area contributed by atoms with Gasteiger partial charge in [0.25, 0.3) is 5.91 Å². The maximum Gasteiger partial charge on any atom is 0.286 e. The molecular weight excluding hydrogens is 366 g/mol. The first-order valence-corrected chi connectivity index (χ1v) is 10.2. The molecule has 2 aliphatic heterocycles. The van der Waals surface area contributed by atoms with E-state index in [4.69, 9.17) is 4.74 Å². The molecule has 0 unspecified atom stereocenters. The van der Waals surface area contributed by atoms with E-state index in [-0.39, 0.29) is 5.91 Å². The van der Waals surface area contributed by atoms with Crippen molar-refractivity contribution in [1.29, 1.82) is 0 Å². The fourth-order valence-corrected chi connectivity index (χ4v) is 4.55. The summed E-state index contributed by atoms with van der Waals surface area (Å²) in [5.74, 6) is 1.19. The fourth-order valence-electron chi connectivity index (χ4n) is 2.91. The molecule has 0 fully saturated rings. The normalized spacial score (nSPS) is 17.6. The van der Waals surface area contributed by atoms with Crippen LogP contribution in [0.3, 0.4) is 0 Å². The molecule has 1 amide bonds. The van der Waals surface area contributed by atoms with Crippen molar-refractivity contribution in [2.75, 3.05) is 18.1 Å². The van der Waals surface area contributed by atoms with Crippen LogP contribution in [-0.2, 0) is 11.2 Å². The standard InChI is InChI=1S/C19H19N3O2S2/c1-12(2)11-22(18-20-6-8-25-18)19-21-17(23)16(26-19)10-13-3-4-15-14(9-13)5-7-24-15/h3-4,6,8-10,12H,5,7,11H2,1-2H3. The molecule has 134 valence electrons. The lowest BCUT2D eigenvalue weighted by Crippen LogP contribution is -2.31. The molecule has 0 bridgehead atoms. The summed E-state index contributed by atoms with van der Waals surface area (Å²) in [6, 6.07) is 6.05. The number of benzene rings is 1. The molecule has 0 saturated heterocycles. The van der Waals surface area contributed by atoms with Crippen molar-refractivity contribution >= 4 is 45.4 Å². The van der Waals surface area contributed by atoms with E-state index in [0.29, 0.717) is 16.0 Å². The molecule has 2 aliphatic rings. The summed E-state index contributed by atoms with van der Waals surface area (Å²) in [6.07, 6.45) is 4.61. The Morgan fingerprint density at radius 1 is 1.38 bits per heavy atom. The number of hydrogen-bond donors (Lipinski definition) is 0. The molecule has 26 heavy (non-hydrogen) atoms. The van der Waals surface area contributed by atoms with Crippen LogP contribution in [0.2, 0.25) is 0 Å². The summed E-state index contributed by atoms with van der Waals surface area (Å²) in [6.45, 7) is 5.79. The highest BCUT2D eigenvalue weighted by Gasteiger charge is 2.28. The third kappa shape index (κ3) is 3.54. The average Bonchev–Trinajstić information content (AvgIpc) is 3.34. The van der Waals surface area contributed by atoms with Crippen LogP contribution in [0.5, 0.6) is 5.75 Å². The Morgan fingerprint density at radius 2 is 2.27 bits per heavy atom. The Labute approximate surface area is 160 Å². The molecule has 0 atom stereocenters. The van der Waals surface area contributed by atoms with Crippen molar-refractivity contribution in [2.24, 2.45) is 10.9 Å². The lowest BCUT2D eigenvalue weighted by Gasteiger charge is -2.22. The number of fused-ring (bicyclic) bond motifs is 1. The predicted octanol–water partition coefficient (Wildman–Crippen LogP) is 4.21. The van der Waals surface area contributed by atoms with Crippen molar-refractivity contribution < 1.29 is 9.53 Å². The molecule has 4 rings (SSSR count). The minimum atomic E-state index is -0.188. The van der Waals surface area contributed by atoms with Crippen LogP contribution in [0.25, 0.3) is 6.08 Å². The SMILES string of the molecule is CC(C)CN(C1=NC(=O)C(=Cc2ccc3c(c2)CCO3)S1)c1nccs1. The Kier molecular flexibility index (Phi) is 4.82. The highest BCUT2D eigenvalue weighted by atomic mass is 32.2. The smallest absolute Gasteiger partial charge is 0.286 e. The number of rotatable bonds is 4. The number of carbonyl (C=O) groups excluding carboxylic acids is 1. The van der Waals surface area contributed by atoms with Gasteiger partial charge in [0.15, 0.2) is 10.3 Å². The fraction of sp³-hybridized carbons (Fsp3) is 0.316. The molecule has 1 aromatic carbocycles. The van der Waals surface area contributed by atoms with Gasteiger partial charge in [-0.3, -0.25) is 9.69 Å². The number of thiazole rings is 1. The highest BCUT2D eigenvalue weighted by molar-refractivity contribution is 8.18. The van der Waals surface area contributed by atoms with Crippen molar-refractivity contribution in [1.82, 2.24) is 4.98 Å². The van der Waals surface area contributed by atoms with E-state index < -0.39 is 0 Å². The largest absolute Gasteiger partial charge is 0.493 e. The number of carbonyl (C=O) groups is 1. The van der Waals surface area contributed by atoms with Crippen LogP contribution in [0.4, 0.5) is 5.13 Å². The van der Waals surface area contributed by atoms with Gasteiger partial charge in [-0.15, -0.1) is 11.3 Å². The minimum Gasteiger partial charge on any atom is -0.493 e. The number of anilines is 1. The second-order valence-corrected chi connectivity index (χ2v) is 8.48. The zero-order chi connectivity index (χ0) is 18.1. The number of ether oxygens (including phenoxy) is 1. The van der Waals surface area contributed by atoms with E-state index in [0.717, 1.165) is 36.0 Å². The molecule has 0 saturated carbocycles. The number of thioether (sulfide) groups is 1. The first kappa shape index (κ1) is 17.3. The number of aromatic nitrogens is 1. The van der Waals surface area contributed by atoms with Gasteiger partial charge in [-0.1, -0.05) is 19.9 Å². The second-order valence-electron chi connectivity index (χ2n) is 6.59. The van der Waals surface area contributed by atoms with Gasteiger partial charge in [0, 0.05) is 24.5 Å². The molecule has 3 heterocycles. The van der Waals surface area contributed by atoms with Gasteiger partial charge in [-0.05, 0) is 47.0 Å². The molecule has 1 aromatic heterocycles. The maximum atomic E-state index is 12.4. The summed E-state index contributed by atoms with van der Waals surface area (Å²) in [5, 5.41) is 3.51. The van der Waals surface area contributed by atoms with E-state index >= 15 is 0 Å². The van der Waals surface area contributed by atoms with E-state index in [9.17, 15) is 4.79 Å². The number of nitrogens with zero attached hydrogens (tertiary/aromatic N) is 3. The lowest BCUT2D eigenvalue weighted by atomic mass is 10.1. The topological polar surface area (TPSA) is 54.8 Å². The van der Waals surface area contributed by atoms with Gasteiger partial charge in [0.2, 0.25) is 0 Å². The Hall–Kier alpha value is -2.12. The van der Waals surface area contributed by atoms with Crippen molar-refractivity contribution in [3.63, 3.8) is 0 Å². The molecule has 7 heteroatoms. The molecule has 5 nitrogen and oxygen atoms in total. The number of aliphatic imine (C=N–C) groups is 1. The summed E-state index contributed by atoms with van der Waals surface area (Å²) < 4.78 is 5.54. The van der Waals surface area contributed by atoms with Crippen LogP contribution in [0.1, 0.15) is 25.0 Å². The minimum absolute atomic E-state index is 0.188. The zero-order valence-electron chi connectivity index (χ0n) is 14.6. The van der Waals surface area contributed by atoms with Gasteiger partial charge in [0.05, 0.1) is 11.5 Å². The highest BCUT2D eigenvalue weighted by Crippen LogP contribution is 2.34. The number of amides is 1. The van der Waals surface area contributed by atoms with Gasteiger partial charge >= 0.3 is 0 Å². The predicted molar refractivity (Wildman–Crippen MR) is 108 cm³/mol. The molecule has 2 aromatic rings. The second kappa shape index (κ2) is 7.25. The van der Waals surface area contributed by atoms with Gasteiger partial charge < -0.3 is 4.74 Å². The van der Waals surface area contributed by atoms with Crippen LogP contribution in [0.15, 0.2) is 39.7 Å². The van der Waals surface area contributed by atoms with Gasteiger partial charge in [-0.25, -0.2) is 4.98 Å². The third-order valence-corrected chi connectivity index (χ3v) is 5.85. The van der Waals surface area contributed by atoms with Gasteiger partial charge in [-0.2, -0.15) is 4.99 Å². The Morgan fingerprint density at radius 3 is 3.04 bits per heavy atom. The Bertz CT molecular complexity index is 888. The van der Waals surface area contributed by atoms with Crippen LogP contribution >= 0.6 is 23.1 Å². The van der Waals surface area contributed by atoms with Gasteiger partial charge in [0.1, 0.15) is 5.75 Å². The number of hydrogen-bond acceptors (Lipinski definition) is 6. The Balaban J connectivity index is 1.57. The van der Waals surface area contributed by atoms with Crippen molar-refractivity contribution in [3.8, 4) is 5.75 Å². The van der Waals surface area contributed by atoms with E-state index in [1.807, 2.05) is 28.5 Å². The first-order chi connectivity index (χ1) is 12.6. The van der Waals surface area contributed by atoms with E-state index in [2.05, 4.69) is 29.9 Å². The average molecular weight is 386 g/mol. The van der Waals surface area contributed by atoms with E-state index in [1.165, 1.54) is 17.3 Å². The third-order valence-electron chi connectivity index (χ3n) is 4.05. The summed E-state index contributed by atoms with van der Waals surface area (Å²) in [4.78, 5) is 23.8. The maximum absolute atomic E-state index is 12.4. The van der Waals surface area contributed by atoms with E-state index in [1.54, 1.807) is 17.5 Å². The summed E-state index contributed by atoms with van der Waals surface area (Å²) in [5.41, 5.74) is 2.20. The molecule has 0 N–H and O–H groups in total. The van der Waals surface area contributed by atoms with Crippen molar-refractivity contribution in [3.05, 3.63) is 45.8 Å².